The summed E-state index contributed by atoms with van der Waals surface area (Å²) in [5.41, 5.74) is 4.23. The lowest BCUT2D eigenvalue weighted by molar-refractivity contribution is -0.0206. The van der Waals surface area contributed by atoms with Gasteiger partial charge >= 0.3 is 6.09 Å². The smallest absolute Gasteiger partial charge is 0.415 e. The second kappa shape index (κ2) is 12.9. The minimum atomic E-state index is -0.522. The summed E-state index contributed by atoms with van der Waals surface area (Å²) in [7, 11) is 5.16. The molecule has 2 amide bonds. The van der Waals surface area contributed by atoms with Crippen LogP contribution in [0.25, 0.3) is 22.0 Å². The Morgan fingerprint density at radius 2 is 1.74 bits per heavy atom. The summed E-state index contributed by atoms with van der Waals surface area (Å²) in [5, 5.41) is 11.2. The van der Waals surface area contributed by atoms with Crippen LogP contribution in [0.5, 0.6) is 11.5 Å². The standard InChI is InChI=1S/C34H39N3O6/c1-22-18-37(23(2)20-38)33(39)32-31(28-12-8-9-13-29(28)36(32)4)27-11-7-6-10-24(27)21-42-30(22)19-35(3)34(40)43-26-16-14-25(41-5)15-17-26/h6-17,22-23,30,38H,18-21H2,1-5H3/t22-,23+,30+/m0/s1. The van der Waals surface area contributed by atoms with E-state index in [2.05, 4.69) is 0 Å². The Morgan fingerprint density at radius 3 is 2.47 bits per heavy atom. The zero-order chi connectivity index (χ0) is 30.7. The molecule has 5 rings (SSSR count). The van der Waals surface area contributed by atoms with Gasteiger partial charge in [-0.1, -0.05) is 49.4 Å². The molecule has 9 nitrogen and oxygen atoms in total. The lowest BCUT2D eigenvalue weighted by atomic mass is 9.96. The van der Waals surface area contributed by atoms with Crippen LogP contribution < -0.4 is 9.47 Å². The molecule has 0 fully saturated rings. The van der Waals surface area contributed by atoms with Crippen LogP contribution in [0.4, 0.5) is 4.79 Å². The fourth-order valence-corrected chi connectivity index (χ4v) is 5.69. The molecule has 1 N–H and O–H groups in total. The number of aryl methyl sites for hydroxylation is 1. The number of carbonyl (C=O) groups excluding carboxylic acids is 2. The molecule has 0 bridgehead atoms. The number of aliphatic hydroxyl groups is 1. The maximum atomic E-state index is 14.5. The highest BCUT2D eigenvalue weighted by atomic mass is 16.6. The third-order valence-corrected chi connectivity index (χ3v) is 8.26. The van der Waals surface area contributed by atoms with Crippen molar-refractivity contribution in [3.63, 3.8) is 0 Å². The fourth-order valence-electron chi connectivity index (χ4n) is 5.69. The number of nitrogens with zero attached hydrogens (tertiary/aromatic N) is 3. The maximum Gasteiger partial charge on any atom is 0.415 e. The van der Waals surface area contributed by atoms with E-state index in [9.17, 15) is 14.7 Å². The van der Waals surface area contributed by atoms with Crippen LogP contribution in [0.1, 0.15) is 29.9 Å². The molecule has 226 valence electrons. The number of ether oxygens (including phenoxy) is 3. The number of hydrogen-bond donors (Lipinski definition) is 1. The summed E-state index contributed by atoms with van der Waals surface area (Å²) in [5.74, 6) is 0.725. The van der Waals surface area contributed by atoms with Gasteiger partial charge in [0.1, 0.15) is 17.2 Å². The molecule has 0 saturated carbocycles. The first-order valence-corrected chi connectivity index (χ1v) is 14.5. The van der Waals surface area contributed by atoms with Crippen LogP contribution in [0, 0.1) is 5.92 Å². The van der Waals surface area contributed by atoms with E-state index in [0.29, 0.717) is 30.3 Å². The molecule has 0 radical (unpaired) electrons. The molecule has 0 saturated heterocycles. The van der Waals surface area contributed by atoms with Gasteiger partial charge < -0.3 is 33.7 Å². The molecule has 43 heavy (non-hydrogen) atoms. The Morgan fingerprint density at radius 1 is 1.07 bits per heavy atom. The summed E-state index contributed by atoms with van der Waals surface area (Å²) < 4.78 is 19.3. The number of para-hydroxylation sites is 1. The van der Waals surface area contributed by atoms with Gasteiger partial charge in [0, 0.05) is 43.0 Å². The Bertz CT molecular complexity index is 1600. The number of aliphatic hydroxyl groups excluding tert-OH is 1. The first-order valence-electron chi connectivity index (χ1n) is 14.5. The molecular weight excluding hydrogens is 546 g/mol. The number of benzene rings is 3. The highest BCUT2D eigenvalue weighted by molar-refractivity contribution is 6.10. The predicted molar refractivity (Wildman–Crippen MR) is 165 cm³/mol. The van der Waals surface area contributed by atoms with Crippen LogP contribution in [0.3, 0.4) is 0 Å². The Labute approximate surface area is 252 Å². The summed E-state index contributed by atoms with van der Waals surface area (Å²) in [6, 6.07) is 22.3. The molecule has 0 spiro atoms. The van der Waals surface area contributed by atoms with E-state index < -0.39 is 18.2 Å². The van der Waals surface area contributed by atoms with Crippen molar-refractivity contribution in [2.24, 2.45) is 13.0 Å². The largest absolute Gasteiger partial charge is 0.497 e. The van der Waals surface area contributed by atoms with Gasteiger partial charge in [-0.05, 0) is 48.4 Å². The molecule has 1 aliphatic heterocycles. The summed E-state index contributed by atoms with van der Waals surface area (Å²) >= 11 is 0. The van der Waals surface area contributed by atoms with E-state index in [1.54, 1.807) is 43.3 Å². The van der Waals surface area contributed by atoms with Gasteiger partial charge in [-0.3, -0.25) is 4.79 Å². The lowest BCUT2D eigenvalue weighted by Crippen LogP contribution is -2.48. The van der Waals surface area contributed by atoms with Gasteiger partial charge in [0.05, 0.1) is 39.0 Å². The van der Waals surface area contributed by atoms with E-state index in [4.69, 9.17) is 14.2 Å². The first kappa shape index (κ1) is 30.1. The number of carbonyl (C=O) groups is 2. The highest BCUT2D eigenvalue weighted by Gasteiger charge is 2.34. The highest BCUT2D eigenvalue weighted by Crippen LogP contribution is 2.38. The average Bonchev–Trinajstić information content (AvgIpc) is 3.32. The zero-order valence-electron chi connectivity index (χ0n) is 25.3. The van der Waals surface area contributed by atoms with Crippen molar-refractivity contribution in [1.29, 1.82) is 0 Å². The van der Waals surface area contributed by atoms with Gasteiger partial charge in [0.25, 0.3) is 5.91 Å². The van der Waals surface area contributed by atoms with E-state index in [0.717, 1.165) is 27.6 Å². The minimum absolute atomic E-state index is 0.162. The van der Waals surface area contributed by atoms with Gasteiger partial charge in [-0.2, -0.15) is 0 Å². The van der Waals surface area contributed by atoms with Crippen molar-refractivity contribution < 1.29 is 28.9 Å². The van der Waals surface area contributed by atoms with Crippen LogP contribution in [-0.2, 0) is 18.4 Å². The van der Waals surface area contributed by atoms with E-state index in [-0.39, 0.29) is 25.0 Å². The van der Waals surface area contributed by atoms with Crippen molar-refractivity contribution in [3.05, 3.63) is 84.1 Å². The van der Waals surface area contributed by atoms with Crippen molar-refractivity contribution in [2.75, 3.05) is 33.9 Å². The molecule has 1 aromatic heterocycles. The van der Waals surface area contributed by atoms with Crippen molar-refractivity contribution in [3.8, 4) is 22.6 Å². The van der Waals surface area contributed by atoms with E-state index in [1.807, 2.05) is 74.0 Å². The first-order chi connectivity index (χ1) is 20.7. The molecule has 0 aliphatic carbocycles. The third kappa shape index (κ3) is 6.09. The molecule has 1 aliphatic rings. The Hall–Kier alpha value is -4.34. The second-order valence-electron chi connectivity index (χ2n) is 11.2. The maximum absolute atomic E-state index is 14.5. The molecule has 4 aromatic rings. The van der Waals surface area contributed by atoms with Crippen molar-refractivity contribution >= 4 is 22.9 Å². The van der Waals surface area contributed by atoms with Gasteiger partial charge in [0.2, 0.25) is 0 Å². The fraction of sp³-hybridized carbons (Fsp3) is 0.353. The quantitative estimate of drug-likeness (QED) is 0.328. The average molecular weight is 586 g/mol. The molecule has 3 aromatic carbocycles. The molecule has 3 atom stereocenters. The lowest BCUT2D eigenvalue weighted by Gasteiger charge is -2.34. The Kier molecular flexibility index (Phi) is 9.03. The van der Waals surface area contributed by atoms with E-state index >= 15 is 0 Å². The zero-order valence-corrected chi connectivity index (χ0v) is 25.3. The summed E-state index contributed by atoms with van der Waals surface area (Å²) in [6.07, 6.45) is -0.952. The predicted octanol–water partition coefficient (Wildman–Crippen LogP) is 5.34. The number of aromatic nitrogens is 1. The van der Waals surface area contributed by atoms with Gasteiger partial charge in [0.15, 0.2) is 0 Å². The molecule has 0 unspecified atom stereocenters. The third-order valence-electron chi connectivity index (χ3n) is 8.26. The number of likely N-dealkylation sites (N-methyl/N-ethyl adjacent to an activating group) is 1. The number of hydrogen-bond acceptors (Lipinski definition) is 6. The molecule has 2 heterocycles. The second-order valence-corrected chi connectivity index (χ2v) is 11.2. The molecule has 9 heteroatoms. The van der Waals surface area contributed by atoms with Crippen LogP contribution in [-0.4, -0.2) is 77.5 Å². The van der Waals surface area contributed by atoms with Crippen molar-refractivity contribution in [1.82, 2.24) is 14.4 Å². The number of rotatable bonds is 6. The van der Waals surface area contributed by atoms with Crippen LogP contribution >= 0.6 is 0 Å². The van der Waals surface area contributed by atoms with Crippen LogP contribution in [0.2, 0.25) is 0 Å². The number of methoxy groups -OCH3 is 1. The minimum Gasteiger partial charge on any atom is -0.497 e. The van der Waals surface area contributed by atoms with Crippen LogP contribution in [0.15, 0.2) is 72.8 Å². The summed E-state index contributed by atoms with van der Waals surface area (Å²) in [4.78, 5) is 30.7. The SMILES string of the molecule is COc1ccc(OC(=O)N(C)C[C@H]2OCc3ccccc3-c3c(n(C)c4ccccc34)C(=O)N([C@H](C)CO)C[C@@H]2C)cc1. The van der Waals surface area contributed by atoms with Gasteiger partial charge in [-0.15, -0.1) is 0 Å². The molecular formula is C34H39N3O6. The van der Waals surface area contributed by atoms with Crippen molar-refractivity contribution in [2.45, 2.75) is 32.6 Å². The topological polar surface area (TPSA) is 93.5 Å². The van der Waals surface area contributed by atoms with E-state index in [1.165, 1.54) is 4.90 Å². The normalized spacial score (nSPS) is 17.9. The number of amides is 2. The van der Waals surface area contributed by atoms with Gasteiger partial charge in [-0.25, -0.2) is 4.79 Å². The Balaban J connectivity index is 1.51. The summed E-state index contributed by atoms with van der Waals surface area (Å²) in [6.45, 7) is 4.51. The monoisotopic (exact) mass is 585 g/mol. The number of fused-ring (bicyclic) bond motifs is 5.